The molecule has 0 bridgehead atoms. The highest BCUT2D eigenvalue weighted by Gasteiger charge is 2.35. The molecule has 0 saturated carbocycles. The monoisotopic (exact) mass is 415 g/mol. The first-order valence-electron chi connectivity index (χ1n) is 11.5. The van der Waals surface area contributed by atoms with Gasteiger partial charge in [-0.15, -0.1) is 0 Å². The van der Waals surface area contributed by atoms with Crippen molar-refractivity contribution in [2.24, 2.45) is 5.92 Å². The van der Waals surface area contributed by atoms with Crippen LogP contribution in [-0.2, 0) is 19.1 Å². The lowest BCUT2D eigenvalue weighted by Crippen LogP contribution is -2.43. The van der Waals surface area contributed by atoms with E-state index >= 15 is 0 Å². The summed E-state index contributed by atoms with van der Waals surface area (Å²) in [5, 5.41) is 18.0. The third-order valence-electron chi connectivity index (χ3n) is 5.61. The lowest BCUT2D eigenvalue weighted by Gasteiger charge is -2.34. The van der Waals surface area contributed by atoms with E-state index in [1.165, 1.54) is 51.4 Å². The van der Waals surface area contributed by atoms with Gasteiger partial charge in [0.15, 0.2) is 0 Å². The topological polar surface area (TPSA) is 105 Å². The first-order valence-corrected chi connectivity index (χ1v) is 11.5. The number of esters is 1. The third-order valence-corrected chi connectivity index (χ3v) is 5.61. The second-order valence-electron chi connectivity index (χ2n) is 8.19. The number of amides is 1. The number of ether oxygens (including phenoxy) is 2. The van der Waals surface area contributed by atoms with Gasteiger partial charge in [-0.1, -0.05) is 71.1 Å². The molecule has 0 aromatic heterocycles. The van der Waals surface area contributed by atoms with Crippen LogP contribution >= 0.6 is 0 Å². The molecule has 1 rings (SSSR count). The van der Waals surface area contributed by atoms with Gasteiger partial charge in [0, 0.05) is 25.2 Å². The molecule has 1 saturated heterocycles. The van der Waals surface area contributed by atoms with Gasteiger partial charge in [-0.2, -0.15) is 0 Å². The second kappa shape index (κ2) is 16.6. The molecule has 0 aliphatic carbocycles. The van der Waals surface area contributed by atoms with E-state index in [2.05, 4.69) is 6.92 Å². The van der Waals surface area contributed by atoms with Crippen LogP contribution < -0.4 is 5.48 Å². The molecule has 0 unspecified atom stereocenters. The summed E-state index contributed by atoms with van der Waals surface area (Å²) in [5.41, 5.74) is 1.60. The molecule has 1 fully saturated rings. The van der Waals surface area contributed by atoms with Gasteiger partial charge in [-0.05, 0) is 6.42 Å². The summed E-state index contributed by atoms with van der Waals surface area (Å²) >= 11 is 0. The highest BCUT2D eigenvalue weighted by atomic mass is 16.6. The molecule has 0 radical (unpaired) electrons. The van der Waals surface area contributed by atoms with E-state index in [0.29, 0.717) is 12.8 Å². The number of hydroxylamine groups is 1. The molecule has 7 nitrogen and oxygen atoms in total. The number of hydrogen-bond acceptors (Lipinski definition) is 6. The number of nitrogens with one attached hydrogen (secondary N) is 1. The van der Waals surface area contributed by atoms with Crippen molar-refractivity contribution < 1.29 is 29.4 Å². The van der Waals surface area contributed by atoms with Crippen LogP contribution in [0.5, 0.6) is 0 Å². The van der Waals surface area contributed by atoms with Gasteiger partial charge in [0.2, 0.25) is 5.91 Å². The van der Waals surface area contributed by atoms with Crippen LogP contribution in [0.3, 0.4) is 0 Å². The zero-order valence-corrected chi connectivity index (χ0v) is 18.1. The number of carbonyl (C=O) groups is 2. The third kappa shape index (κ3) is 12.2. The van der Waals surface area contributed by atoms with Crippen molar-refractivity contribution in [2.75, 3.05) is 13.2 Å². The van der Waals surface area contributed by atoms with Crippen molar-refractivity contribution in [3.63, 3.8) is 0 Å². The minimum Gasteiger partial charge on any atom is -0.462 e. The molecule has 0 aromatic carbocycles. The summed E-state index contributed by atoms with van der Waals surface area (Å²) in [6.45, 7) is 2.31. The van der Waals surface area contributed by atoms with Gasteiger partial charge in [-0.25, -0.2) is 5.48 Å². The van der Waals surface area contributed by atoms with Crippen LogP contribution in [0.15, 0.2) is 0 Å². The minimum atomic E-state index is -0.535. The number of rotatable bonds is 16. The van der Waals surface area contributed by atoms with Crippen LogP contribution in [0.25, 0.3) is 0 Å². The number of unbranched alkanes of at least 4 members (excludes halogenated alkanes) is 10. The number of hydrogen-bond donors (Lipinski definition) is 3. The smallest absolute Gasteiger partial charge is 0.306 e. The predicted molar refractivity (Wildman–Crippen MR) is 110 cm³/mol. The van der Waals surface area contributed by atoms with E-state index in [1.807, 2.05) is 0 Å². The fraction of sp³-hybridized carbons (Fsp3) is 0.909. The second-order valence-corrected chi connectivity index (χ2v) is 8.19. The maximum Gasteiger partial charge on any atom is 0.306 e. The fourth-order valence-electron chi connectivity index (χ4n) is 3.79. The van der Waals surface area contributed by atoms with Crippen LogP contribution in [0, 0.1) is 5.92 Å². The Bertz CT molecular complexity index is 445. The van der Waals surface area contributed by atoms with E-state index in [1.54, 1.807) is 5.48 Å². The summed E-state index contributed by atoms with van der Waals surface area (Å²) in [6, 6.07) is 0. The molecule has 1 aliphatic rings. The van der Waals surface area contributed by atoms with Gasteiger partial charge in [0.25, 0.3) is 0 Å². The first kappa shape index (κ1) is 25.9. The van der Waals surface area contributed by atoms with Gasteiger partial charge in [0.1, 0.15) is 6.10 Å². The molecule has 29 heavy (non-hydrogen) atoms. The molecule has 3 atom stereocenters. The highest BCUT2D eigenvalue weighted by Crippen LogP contribution is 2.26. The number of carbonyl (C=O) groups excluding carboxylic acids is 2. The van der Waals surface area contributed by atoms with E-state index in [-0.39, 0.29) is 37.6 Å². The molecule has 0 aromatic rings. The van der Waals surface area contributed by atoms with E-state index in [9.17, 15) is 14.7 Å². The largest absolute Gasteiger partial charge is 0.462 e. The van der Waals surface area contributed by atoms with Crippen LogP contribution in [0.2, 0.25) is 0 Å². The molecule has 3 N–H and O–H groups in total. The fourth-order valence-corrected chi connectivity index (χ4v) is 3.79. The summed E-state index contributed by atoms with van der Waals surface area (Å²) in [7, 11) is 0. The van der Waals surface area contributed by atoms with Crippen LogP contribution in [-0.4, -0.2) is 47.6 Å². The predicted octanol–water partition coefficient (Wildman–Crippen LogP) is 3.89. The van der Waals surface area contributed by atoms with E-state index in [0.717, 1.165) is 19.3 Å². The van der Waals surface area contributed by atoms with E-state index in [4.69, 9.17) is 14.7 Å². The van der Waals surface area contributed by atoms with Gasteiger partial charge < -0.3 is 14.6 Å². The quantitative estimate of drug-likeness (QED) is 0.153. The summed E-state index contributed by atoms with van der Waals surface area (Å²) in [5.74, 6) is -1.11. The van der Waals surface area contributed by atoms with Crippen LogP contribution in [0.4, 0.5) is 0 Å². The Morgan fingerprint density at radius 1 is 1.00 bits per heavy atom. The number of aliphatic hydroxyl groups excluding tert-OH is 1. The van der Waals surface area contributed by atoms with Crippen molar-refractivity contribution in [2.45, 2.75) is 109 Å². The lowest BCUT2D eigenvalue weighted by molar-refractivity contribution is -0.168. The summed E-state index contributed by atoms with van der Waals surface area (Å²) in [4.78, 5) is 23.6. The van der Waals surface area contributed by atoms with Crippen LogP contribution in [0.1, 0.15) is 96.8 Å². The molecule has 1 amide bonds. The van der Waals surface area contributed by atoms with E-state index < -0.39 is 12.0 Å². The Hall–Kier alpha value is -1.18. The van der Waals surface area contributed by atoms with Gasteiger partial charge >= 0.3 is 5.97 Å². The average molecular weight is 416 g/mol. The average Bonchev–Trinajstić information content (AvgIpc) is 2.73. The zero-order valence-electron chi connectivity index (χ0n) is 18.1. The summed E-state index contributed by atoms with van der Waals surface area (Å²) in [6.07, 6.45) is 13.4. The van der Waals surface area contributed by atoms with Crippen molar-refractivity contribution >= 4 is 11.9 Å². The molecular formula is C22H41NO6. The SMILES string of the molecule is CCCCCCCCCCCCCC(=O)O[C@H]1C[C@@H](CO)OC[C@@H]1CC(=O)NO. The van der Waals surface area contributed by atoms with Crippen molar-refractivity contribution in [3.05, 3.63) is 0 Å². The Labute approximate surface area is 175 Å². The van der Waals surface area contributed by atoms with Crippen molar-refractivity contribution in [1.29, 1.82) is 0 Å². The Balaban J connectivity index is 2.15. The summed E-state index contributed by atoms with van der Waals surface area (Å²) < 4.78 is 11.0. The molecule has 7 heteroatoms. The van der Waals surface area contributed by atoms with Gasteiger partial charge in [0.05, 0.1) is 19.3 Å². The first-order chi connectivity index (χ1) is 14.1. The van der Waals surface area contributed by atoms with Gasteiger partial charge in [-0.3, -0.25) is 14.8 Å². The maximum absolute atomic E-state index is 12.2. The Kier molecular flexibility index (Phi) is 14.8. The molecule has 1 heterocycles. The highest BCUT2D eigenvalue weighted by molar-refractivity contribution is 5.75. The Morgan fingerprint density at radius 2 is 1.59 bits per heavy atom. The maximum atomic E-state index is 12.2. The molecule has 0 spiro atoms. The molecular weight excluding hydrogens is 374 g/mol. The normalized spacial score (nSPS) is 21.7. The van der Waals surface area contributed by atoms with Crippen molar-refractivity contribution in [1.82, 2.24) is 5.48 Å². The molecule has 1 aliphatic heterocycles. The Morgan fingerprint density at radius 3 is 2.14 bits per heavy atom. The lowest BCUT2D eigenvalue weighted by atomic mass is 9.91. The zero-order chi connectivity index (χ0) is 21.3. The standard InChI is InChI=1S/C22H41NO6/c1-2-3-4-5-6-7-8-9-10-11-12-13-22(26)29-20-15-19(16-24)28-17-18(20)14-21(25)23-27/h18-20,24,27H,2-17H2,1H3,(H,23,25)/t18-,19-,20-/m0/s1. The number of aliphatic hydroxyl groups is 1. The molecule has 170 valence electrons. The van der Waals surface area contributed by atoms with Crippen molar-refractivity contribution in [3.8, 4) is 0 Å². The minimum absolute atomic E-state index is 0.0189.